The Labute approximate surface area is 167 Å². The highest BCUT2D eigenvalue weighted by atomic mass is 32.2. The number of aryl methyl sites for hydroxylation is 1. The molecule has 0 aliphatic carbocycles. The van der Waals surface area contributed by atoms with Crippen molar-refractivity contribution in [3.8, 4) is 0 Å². The number of rotatable bonds is 4. The van der Waals surface area contributed by atoms with Crippen LogP contribution in [0.2, 0.25) is 0 Å². The van der Waals surface area contributed by atoms with Crippen molar-refractivity contribution in [2.45, 2.75) is 37.1 Å². The number of nitrogens with zero attached hydrogens (tertiary/aromatic N) is 3. The van der Waals surface area contributed by atoms with Gasteiger partial charge in [0.1, 0.15) is 5.82 Å². The molecule has 2 fully saturated rings. The summed E-state index contributed by atoms with van der Waals surface area (Å²) in [6.07, 6.45) is 4.56. The number of hydrogen-bond donors (Lipinski definition) is 1. The van der Waals surface area contributed by atoms with Gasteiger partial charge in [0.15, 0.2) is 0 Å². The van der Waals surface area contributed by atoms with Gasteiger partial charge in [0.25, 0.3) is 0 Å². The van der Waals surface area contributed by atoms with Gasteiger partial charge in [-0.25, -0.2) is 13.4 Å². The number of piperidine rings is 1. The van der Waals surface area contributed by atoms with Crippen LogP contribution < -0.4 is 10.2 Å². The monoisotopic (exact) mass is 400 g/mol. The van der Waals surface area contributed by atoms with Crippen molar-refractivity contribution >= 4 is 15.8 Å². The van der Waals surface area contributed by atoms with Gasteiger partial charge in [0.2, 0.25) is 10.0 Å². The van der Waals surface area contributed by atoms with Gasteiger partial charge in [-0.1, -0.05) is 30.2 Å². The van der Waals surface area contributed by atoms with E-state index in [1.807, 2.05) is 31.3 Å². The maximum absolute atomic E-state index is 13.5. The van der Waals surface area contributed by atoms with Crippen molar-refractivity contribution < 1.29 is 8.42 Å². The van der Waals surface area contributed by atoms with Crippen molar-refractivity contribution in [1.29, 1.82) is 0 Å². The van der Waals surface area contributed by atoms with E-state index in [4.69, 9.17) is 0 Å². The van der Waals surface area contributed by atoms with E-state index in [2.05, 4.69) is 21.3 Å². The van der Waals surface area contributed by atoms with Gasteiger partial charge in [0, 0.05) is 44.5 Å². The Morgan fingerprint density at radius 2 is 1.79 bits per heavy atom. The Morgan fingerprint density at radius 3 is 2.54 bits per heavy atom. The summed E-state index contributed by atoms with van der Waals surface area (Å²) in [5.41, 5.74) is 2.09. The van der Waals surface area contributed by atoms with Crippen molar-refractivity contribution in [2.75, 3.05) is 37.6 Å². The molecule has 0 saturated carbocycles. The highest BCUT2D eigenvalue weighted by Gasteiger charge is 2.36. The molecule has 0 spiro atoms. The van der Waals surface area contributed by atoms with E-state index in [0.29, 0.717) is 11.4 Å². The summed E-state index contributed by atoms with van der Waals surface area (Å²) in [4.78, 5) is 7.30. The Balaban J connectivity index is 1.71. The number of sulfonamides is 1. The fourth-order valence-electron chi connectivity index (χ4n) is 4.16. The van der Waals surface area contributed by atoms with E-state index < -0.39 is 10.0 Å². The van der Waals surface area contributed by atoms with Gasteiger partial charge in [-0.15, -0.1) is 0 Å². The molecule has 28 heavy (non-hydrogen) atoms. The quantitative estimate of drug-likeness (QED) is 0.855. The Hall–Kier alpha value is -1.96. The molecule has 1 N–H and O–H groups in total. The molecule has 1 aromatic heterocycles. The summed E-state index contributed by atoms with van der Waals surface area (Å²) >= 11 is 0. The van der Waals surface area contributed by atoms with E-state index in [-0.39, 0.29) is 6.04 Å². The summed E-state index contributed by atoms with van der Waals surface area (Å²) in [5, 5.41) is 3.37. The maximum atomic E-state index is 13.5. The first-order chi connectivity index (χ1) is 13.6. The molecule has 1 aromatic carbocycles. The number of nitrogens with one attached hydrogen (secondary N) is 1. The van der Waals surface area contributed by atoms with Gasteiger partial charge in [-0.2, -0.15) is 4.31 Å². The van der Waals surface area contributed by atoms with E-state index >= 15 is 0 Å². The summed E-state index contributed by atoms with van der Waals surface area (Å²) in [5.74, 6) is 0.931. The van der Waals surface area contributed by atoms with Crippen molar-refractivity contribution in [1.82, 2.24) is 14.6 Å². The minimum Gasteiger partial charge on any atom is -0.354 e. The molecule has 0 bridgehead atoms. The normalized spacial score (nSPS) is 21.6. The van der Waals surface area contributed by atoms with Crippen LogP contribution in [-0.4, -0.2) is 50.4 Å². The third kappa shape index (κ3) is 3.79. The van der Waals surface area contributed by atoms with E-state index in [1.165, 1.54) is 0 Å². The molecule has 0 radical (unpaired) electrons. The lowest BCUT2D eigenvalue weighted by molar-refractivity contribution is 0.255. The average molecular weight is 401 g/mol. The maximum Gasteiger partial charge on any atom is 0.243 e. The first-order valence-corrected chi connectivity index (χ1v) is 11.5. The summed E-state index contributed by atoms with van der Waals surface area (Å²) in [6, 6.07) is 11.0. The van der Waals surface area contributed by atoms with Crippen molar-refractivity contribution in [2.24, 2.45) is 0 Å². The second-order valence-electron chi connectivity index (χ2n) is 7.59. The number of piperazine rings is 1. The minimum absolute atomic E-state index is 0.168. The average Bonchev–Trinajstić information content (AvgIpc) is 2.75. The molecular weight excluding hydrogens is 372 g/mol. The third-order valence-corrected chi connectivity index (χ3v) is 7.60. The van der Waals surface area contributed by atoms with Crippen LogP contribution in [0.1, 0.15) is 36.4 Å². The SMILES string of the molecule is Cc1ccc(S(=O)(=O)N2CCCC[C@H]2c2cccnc2N2CCNCC2)cc1. The van der Waals surface area contributed by atoms with E-state index in [1.54, 1.807) is 16.4 Å². The van der Waals surface area contributed by atoms with Crippen LogP contribution in [0, 0.1) is 6.92 Å². The summed E-state index contributed by atoms with van der Waals surface area (Å²) in [6.45, 7) is 6.15. The Bertz CT molecular complexity index is 908. The number of pyridine rings is 1. The number of anilines is 1. The van der Waals surface area contributed by atoms with Gasteiger partial charge in [-0.05, 0) is 38.0 Å². The van der Waals surface area contributed by atoms with Crippen LogP contribution in [0.15, 0.2) is 47.5 Å². The lowest BCUT2D eigenvalue weighted by atomic mass is 9.97. The van der Waals surface area contributed by atoms with Crippen molar-refractivity contribution in [3.63, 3.8) is 0 Å². The van der Waals surface area contributed by atoms with Gasteiger partial charge >= 0.3 is 0 Å². The Morgan fingerprint density at radius 1 is 1.04 bits per heavy atom. The second-order valence-corrected chi connectivity index (χ2v) is 9.48. The van der Waals surface area contributed by atoms with Crippen LogP contribution >= 0.6 is 0 Å². The number of aromatic nitrogens is 1. The molecule has 0 amide bonds. The minimum atomic E-state index is -3.55. The summed E-state index contributed by atoms with van der Waals surface area (Å²) in [7, 11) is -3.55. The molecule has 2 aliphatic heterocycles. The van der Waals surface area contributed by atoms with Crippen LogP contribution in [0.5, 0.6) is 0 Å². The first kappa shape index (κ1) is 19.4. The smallest absolute Gasteiger partial charge is 0.243 e. The zero-order valence-corrected chi connectivity index (χ0v) is 17.2. The molecule has 3 heterocycles. The lowest BCUT2D eigenvalue weighted by Gasteiger charge is -2.38. The number of benzene rings is 1. The molecule has 2 saturated heterocycles. The van der Waals surface area contributed by atoms with Gasteiger partial charge in [-0.3, -0.25) is 0 Å². The molecule has 1 atom stereocenters. The molecule has 2 aromatic rings. The molecule has 7 heteroatoms. The summed E-state index contributed by atoms with van der Waals surface area (Å²) < 4.78 is 28.6. The first-order valence-electron chi connectivity index (χ1n) is 10.1. The van der Waals surface area contributed by atoms with Gasteiger partial charge in [0.05, 0.1) is 10.9 Å². The lowest BCUT2D eigenvalue weighted by Crippen LogP contribution is -2.45. The topological polar surface area (TPSA) is 65.5 Å². The highest BCUT2D eigenvalue weighted by Crippen LogP contribution is 2.38. The molecule has 4 rings (SSSR count). The zero-order valence-electron chi connectivity index (χ0n) is 16.3. The Kier molecular flexibility index (Phi) is 5.66. The van der Waals surface area contributed by atoms with Crippen LogP contribution in [0.4, 0.5) is 5.82 Å². The molecular formula is C21H28N4O2S. The van der Waals surface area contributed by atoms with Crippen molar-refractivity contribution in [3.05, 3.63) is 53.7 Å². The number of hydrogen-bond acceptors (Lipinski definition) is 5. The third-order valence-electron chi connectivity index (χ3n) is 5.67. The standard InChI is InChI=1S/C21H28N4O2S/c1-17-7-9-18(10-8-17)28(26,27)25-14-3-2-6-20(25)19-5-4-11-23-21(19)24-15-12-22-13-16-24/h4-5,7-11,20,22H,2-3,6,12-16H2,1H3/t20-/m0/s1. The predicted molar refractivity (Wildman–Crippen MR) is 111 cm³/mol. The second kappa shape index (κ2) is 8.19. The fourth-order valence-corrected chi connectivity index (χ4v) is 5.83. The van der Waals surface area contributed by atoms with Crippen LogP contribution in [0.25, 0.3) is 0 Å². The molecule has 150 valence electrons. The van der Waals surface area contributed by atoms with Gasteiger partial charge < -0.3 is 10.2 Å². The predicted octanol–water partition coefficient (Wildman–Crippen LogP) is 2.72. The van der Waals surface area contributed by atoms with E-state index in [0.717, 1.165) is 62.4 Å². The molecule has 2 aliphatic rings. The van der Waals surface area contributed by atoms with Crippen LogP contribution in [0.3, 0.4) is 0 Å². The zero-order chi connectivity index (χ0) is 19.6. The molecule has 0 unspecified atom stereocenters. The largest absolute Gasteiger partial charge is 0.354 e. The molecule has 6 nitrogen and oxygen atoms in total. The fraction of sp³-hybridized carbons (Fsp3) is 0.476. The highest BCUT2D eigenvalue weighted by molar-refractivity contribution is 7.89. The van der Waals surface area contributed by atoms with E-state index in [9.17, 15) is 8.42 Å². The van der Waals surface area contributed by atoms with Crippen LogP contribution in [-0.2, 0) is 10.0 Å².